The van der Waals surface area contributed by atoms with Gasteiger partial charge in [-0.05, 0) is 6.16 Å². The summed E-state index contributed by atoms with van der Waals surface area (Å²) in [5, 5.41) is 16.7. The first-order chi connectivity index (χ1) is 1.73. The fourth-order valence-corrected chi connectivity index (χ4v) is 0. The normalized spacial score (nSPS) is 3.00. The summed E-state index contributed by atoms with van der Waals surface area (Å²) in [5.74, 6) is 0. The van der Waals surface area contributed by atoms with Crippen LogP contribution in [0.25, 0.3) is 0 Å². The molecule has 3 nitrogen and oxygen atoms in total. The smallest absolute Gasteiger partial charge is 0.652 e. The molecular formula is CH2Cl2Na2O3. The van der Waals surface area contributed by atoms with Crippen LogP contribution in [0.2, 0.25) is 0 Å². The van der Waals surface area contributed by atoms with Crippen LogP contribution >= 0.6 is 24.8 Å². The minimum atomic E-state index is -2.33. The molecule has 0 unspecified atom stereocenters. The molecule has 0 aromatic heterocycles. The summed E-state index contributed by atoms with van der Waals surface area (Å²) in [6.07, 6.45) is -2.33. The maximum Gasteiger partial charge on any atom is 1.00 e. The third kappa shape index (κ3) is 108. The summed E-state index contributed by atoms with van der Waals surface area (Å²) in [7, 11) is 0. The van der Waals surface area contributed by atoms with Gasteiger partial charge in [-0.3, -0.25) is 0 Å². The van der Waals surface area contributed by atoms with Crippen molar-refractivity contribution >= 4 is 31.0 Å². The quantitative estimate of drug-likeness (QED) is 0.347. The molecule has 0 atom stereocenters. The molecule has 0 aliphatic rings. The van der Waals surface area contributed by atoms with Gasteiger partial charge in [-0.15, -0.1) is 24.8 Å². The number of rotatable bonds is 0. The molecule has 0 rings (SSSR count). The molecule has 8 heavy (non-hydrogen) atoms. The van der Waals surface area contributed by atoms with Crippen molar-refractivity contribution in [2.45, 2.75) is 0 Å². The molecule has 0 heterocycles. The molecule has 0 aliphatic heterocycles. The van der Waals surface area contributed by atoms with E-state index in [1.54, 1.807) is 0 Å². The average Bonchev–Trinajstić information content (AvgIpc) is 0.811. The van der Waals surface area contributed by atoms with E-state index in [0.717, 1.165) is 0 Å². The summed E-state index contributed by atoms with van der Waals surface area (Å²) in [5.41, 5.74) is 0. The number of carbonyl (C=O) groups excluding carboxylic acids is 1. The molecule has 0 saturated heterocycles. The van der Waals surface area contributed by atoms with E-state index in [0.29, 0.717) is 0 Å². The van der Waals surface area contributed by atoms with Gasteiger partial charge < -0.3 is 15.0 Å². The van der Waals surface area contributed by atoms with Crippen LogP contribution in [0.3, 0.4) is 0 Å². The summed E-state index contributed by atoms with van der Waals surface area (Å²) in [6.45, 7) is 0. The van der Waals surface area contributed by atoms with E-state index in [2.05, 4.69) is 0 Å². The van der Waals surface area contributed by atoms with Crippen molar-refractivity contribution in [3.8, 4) is 0 Å². The molecule has 0 fully saturated rings. The van der Waals surface area contributed by atoms with Gasteiger partial charge in [0.1, 0.15) is 0 Å². The van der Waals surface area contributed by atoms with Crippen molar-refractivity contribution in [1.82, 2.24) is 0 Å². The van der Waals surface area contributed by atoms with Crippen LogP contribution in [0.15, 0.2) is 0 Å². The zero-order valence-corrected chi connectivity index (χ0v) is 10.2. The maximum atomic E-state index is 8.33. The van der Waals surface area contributed by atoms with Gasteiger partial charge in [0.25, 0.3) is 0 Å². The molecular weight excluding hydrogens is 177 g/mol. The Morgan fingerprint density at radius 2 is 1.00 bits per heavy atom. The molecule has 0 aliphatic carbocycles. The van der Waals surface area contributed by atoms with Gasteiger partial charge in [-0.2, -0.15) is 0 Å². The Bertz CT molecular complexity index is 38.3. The molecule has 0 aromatic rings. The van der Waals surface area contributed by atoms with Gasteiger partial charge in [0.15, 0.2) is 0 Å². The fourth-order valence-electron chi connectivity index (χ4n) is 0. The molecule has 0 N–H and O–H groups in total. The topological polar surface area (TPSA) is 63.2 Å². The van der Waals surface area contributed by atoms with Gasteiger partial charge in [-0.1, -0.05) is 0 Å². The van der Waals surface area contributed by atoms with Gasteiger partial charge in [-0.25, -0.2) is 0 Å². The predicted molar refractivity (Wildman–Crippen MR) is 19.9 cm³/mol. The SMILES string of the molecule is Cl.Cl.O=C([O-])[O-].[Na+].[Na+]. The first-order valence-corrected chi connectivity index (χ1v) is 0.612. The van der Waals surface area contributed by atoms with Crippen LogP contribution in [0, 0.1) is 0 Å². The van der Waals surface area contributed by atoms with Gasteiger partial charge in [0, 0.05) is 0 Å². The predicted octanol–water partition coefficient (Wildman–Crippen LogP) is -7.60. The molecule has 0 bridgehead atoms. The Labute approximate surface area is 104 Å². The van der Waals surface area contributed by atoms with Crippen molar-refractivity contribution in [2.24, 2.45) is 0 Å². The molecule has 0 radical (unpaired) electrons. The minimum Gasteiger partial charge on any atom is -0.652 e. The van der Waals surface area contributed by atoms with E-state index < -0.39 is 6.16 Å². The Kier molecular flexibility index (Phi) is 95.0. The Morgan fingerprint density at radius 3 is 1.00 bits per heavy atom. The monoisotopic (exact) mass is 178 g/mol. The molecule has 40 valence electrons. The van der Waals surface area contributed by atoms with E-state index in [1.165, 1.54) is 0 Å². The van der Waals surface area contributed by atoms with Gasteiger partial charge in [0.2, 0.25) is 0 Å². The molecule has 7 heteroatoms. The van der Waals surface area contributed by atoms with E-state index in [4.69, 9.17) is 15.0 Å². The number of carboxylic acid groups (broad SMARTS) is 2. The molecule has 0 saturated carbocycles. The Morgan fingerprint density at radius 1 is 1.00 bits per heavy atom. The summed E-state index contributed by atoms with van der Waals surface area (Å²) in [6, 6.07) is 0. The van der Waals surface area contributed by atoms with Crippen LogP contribution in [-0.4, -0.2) is 6.16 Å². The van der Waals surface area contributed by atoms with E-state index in [-0.39, 0.29) is 83.9 Å². The number of hydrogen-bond donors (Lipinski definition) is 0. The second kappa shape index (κ2) is 23.2. The van der Waals surface area contributed by atoms with Crippen LogP contribution in [0.5, 0.6) is 0 Å². The minimum absolute atomic E-state index is 0. The number of halogens is 2. The van der Waals surface area contributed by atoms with Gasteiger partial charge >= 0.3 is 59.1 Å². The summed E-state index contributed by atoms with van der Waals surface area (Å²) >= 11 is 0. The van der Waals surface area contributed by atoms with Crippen LogP contribution in [-0.2, 0) is 0 Å². The van der Waals surface area contributed by atoms with Crippen molar-refractivity contribution < 1.29 is 74.1 Å². The number of hydrogen-bond acceptors (Lipinski definition) is 3. The third-order valence-corrected chi connectivity index (χ3v) is 0. The van der Waals surface area contributed by atoms with Gasteiger partial charge in [0.05, 0.1) is 0 Å². The van der Waals surface area contributed by atoms with Crippen molar-refractivity contribution in [3.63, 3.8) is 0 Å². The number of carbonyl (C=O) groups is 1. The zero-order valence-electron chi connectivity index (χ0n) is 4.54. The standard InChI is InChI=1S/CH2O3.2ClH.2Na/c2-1(3)4;;;;/h(H2,2,3,4);2*1H;;/q;;;2*+1/p-2. The second-order valence-corrected chi connectivity index (χ2v) is 0.250. The first kappa shape index (κ1) is 32.8. The van der Waals surface area contributed by atoms with Crippen LogP contribution < -0.4 is 69.3 Å². The summed E-state index contributed by atoms with van der Waals surface area (Å²) in [4.78, 5) is 8.33. The van der Waals surface area contributed by atoms with Crippen molar-refractivity contribution in [2.75, 3.05) is 0 Å². The molecule has 0 spiro atoms. The Hall–Kier alpha value is 1.85. The molecule has 0 amide bonds. The van der Waals surface area contributed by atoms with E-state index in [1.807, 2.05) is 0 Å². The Balaban J connectivity index is -0.00000000750. The average molecular weight is 179 g/mol. The van der Waals surface area contributed by atoms with Crippen LogP contribution in [0.1, 0.15) is 0 Å². The third-order valence-electron chi connectivity index (χ3n) is 0. The van der Waals surface area contributed by atoms with E-state index >= 15 is 0 Å². The second-order valence-electron chi connectivity index (χ2n) is 0.250. The van der Waals surface area contributed by atoms with E-state index in [9.17, 15) is 0 Å². The summed E-state index contributed by atoms with van der Waals surface area (Å²) < 4.78 is 0. The largest absolute Gasteiger partial charge is 1.00 e. The van der Waals surface area contributed by atoms with Crippen LogP contribution in [0.4, 0.5) is 4.79 Å². The van der Waals surface area contributed by atoms with Crippen molar-refractivity contribution in [1.29, 1.82) is 0 Å². The zero-order chi connectivity index (χ0) is 3.58. The van der Waals surface area contributed by atoms with Crippen molar-refractivity contribution in [3.05, 3.63) is 0 Å². The molecule has 0 aromatic carbocycles. The fraction of sp³-hybridized carbons (Fsp3) is 0. The maximum absolute atomic E-state index is 8.33. The first-order valence-electron chi connectivity index (χ1n) is 0.612.